The molecule has 0 radical (unpaired) electrons. The molecule has 0 N–H and O–H groups in total. The molecule has 0 rings (SSSR count). The molecule has 0 saturated carbocycles. The van der Waals surface area contributed by atoms with Crippen molar-refractivity contribution in [3.63, 3.8) is 0 Å². The fourth-order valence-corrected chi connectivity index (χ4v) is 3.09. The fraction of sp³-hybridized carbons (Fsp3) is 0.708. The number of hydrogen-bond acceptors (Lipinski definition) is 1. The van der Waals surface area contributed by atoms with Crippen molar-refractivity contribution in [2.45, 2.75) is 96.8 Å². The van der Waals surface area contributed by atoms with Crippen LogP contribution < -0.4 is 0 Å². The summed E-state index contributed by atoms with van der Waals surface area (Å²) >= 11 is 0. The molecular formula is C24H43NO. The molecular weight excluding hydrogens is 318 g/mol. The number of rotatable bonds is 19. The highest BCUT2D eigenvalue weighted by Crippen LogP contribution is 2.10. The van der Waals surface area contributed by atoms with E-state index in [2.05, 4.69) is 32.2 Å². The molecule has 0 bridgehead atoms. The van der Waals surface area contributed by atoms with Gasteiger partial charge in [-0.1, -0.05) is 82.6 Å². The monoisotopic (exact) mass is 361 g/mol. The first-order valence-corrected chi connectivity index (χ1v) is 10.9. The third-order valence-electron chi connectivity index (χ3n) is 4.70. The van der Waals surface area contributed by atoms with Gasteiger partial charge in [0.1, 0.15) is 0 Å². The van der Waals surface area contributed by atoms with Crippen LogP contribution in [0.25, 0.3) is 0 Å². The summed E-state index contributed by atoms with van der Waals surface area (Å²) in [5.41, 5.74) is 0. The van der Waals surface area contributed by atoms with Gasteiger partial charge in [0.2, 0.25) is 5.91 Å². The molecule has 0 saturated heterocycles. The zero-order chi connectivity index (χ0) is 19.3. The third kappa shape index (κ3) is 16.2. The summed E-state index contributed by atoms with van der Waals surface area (Å²) in [6.07, 6.45) is 25.6. The minimum Gasteiger partial charge on any atom is -0.335 e. The number of allylic oxidation sites excluding steroid dienone is 2. The zero-order valence-electron chi connectivity index (χ0n) is 17.4. The van der Waals surface area contributed by atoms with Crippen LogP contribution >= 0.6 is 0 Å². The first-order valence-electron chi connectivity index (χ1n) is 10.9. The summed E-state index contributed by atoms with van der Waals surface area (Å²) in [4.78, 5) is 13.9. The van der Waals surface area contributed by atoms with E-state index < -0.39 is 0 Å². The molecule has 0 unspecified atom stereocenters. The lowest BCUT2D eigenvalue weighted by molar-refractivity contribution is -0.130. The molecule has 0 aromatic heterocycles. The van der Waals surface area contributed by atoms with Crippen molar-refractivity contribution in [3.05, 3.63) is 37.5 Å². The Kier molecular flexibility index (Phi) is 19.0. The minimum absolute atomic E-state index is 0.224. The Balaban J connectivity index is 3.42. The van der Waals surface area contributed by atoms with Gasteiger partial charge in [-0.15, -0.1) is 13.2 Å². The Bertz CT molecular complexity index is 362. The van der Waals surface area contributed by atoms with Crippen LogP contribution in [-0.4, -0.2) is 23.9 Å². The first-order chi connectivity index (χ1) is 12.8. The summed E-state index contributed by atoms with van der Waals surface area (Å²) < 4.78 is 0. The molecule has 2 nitrogen and oxygen atoms in total. The molecule has 0 aliphatic carbocycles. The van der Waals surface area contributed by atoms with Crippen molar-refractivity contribution >= 4 is 5.91 Å². The van der Waals surface area contributed by atoms with Gasteiger partial charge in [0.05, 0.1) is 0 Å². The van der Waals surface area contributed by atoms with Gasteiger partial charge in [-0.3, -0.25) is 4.79 Å². The van der Waals surface area contributed by atoms with Crippen molar-refractivity contribution < 1.29 is 4.79 Å². The lowest BCUT2D eigenvalue weighted by Gasteiger charge is -2.19. The lowest BCUT2D eigenvalue weighted by Crippen LogP contribution is -2.30. The molecule has 0 heterocycles. The highest BCUT2D eigenvalue weighted by atomic mass is 16.2. The summed E-state index contributed by atoms with van der Waals surface area (Å²) in [7, 11) is 0. The molecule has 0 fully saturated rings. The van der Waals surface area contributed by atoms with Gasteiger partial charge in [0.25, 0.3) is 0 Å². The van der Waals surface area contributed by atoms with E-state index in [1.807, 2.05) is 4.90 Å². The van der Waals surface area contributed by atoms with Crippen molar-refractivity contribution in [1.82, 2.24) is 4.90 Å². The molecule has 0 aliphatic heterocycles. The minimum atomic E-state index is 0.224. The van der Waals surface area contributed by atoms with Crippen LogP contribution in [0, 0.1) is 0 Å². The van der Waals surface area contributed by atoms with Gasteiger partial charge < -0.3 is 4.90 Å². The molecule has 26 heavy (non-hydrogen) atoms. The topological polar surface area (TPSA) is 20.3 Å². The Morgan fingerprint density at radius 1 is 0.731 bits per heavy atom. The maximum atomic E-state index is 12.1. The third-order valence-corrected chi connectivity index (χ3v) is 4.70. The first kappa shape index (κ1) is 24.7. The second kappa shape index (κ2) is 20.0. The van der Waals surface area contributed by atoms with E-state index >= 15 is 0 Å². The van der Waals surface area contributed by atoms with Crippen molar-refractivity contribution in [1.29, 1.82) is 0 Å². The molecule has 2 heteroatoms. The number of carbonyl (C=O) groups is 1. The summed E-state index contributed by atoms with van der Waals surface area (Å²) in [6.45, 7) is 10.9. The highest BCUT2D eigenvalue weighted by molar-refractivity contribution is 5.76. The SMILES string of the molecule is C=CCN(CC=C)C(=O)CCCCCCC/C=C/CCCCCCCC. The molecule has 0 spiro atoms. The van der Waals surface area contributed by atoms with Gasteiger partial charge in [0, 0.05) is 19.5 Å². The van der Waals surface area contributed by atoms with Crippen LogP contribution in [0.1, 0.15) is 96.8 Å². The van der Waals surface area contributed by atoms with Crippen LogP contribution in [0.3, 0.4) is 0 Å². The standard InChI is InChI=1S/C24H43NO/c1-4-7-8-9-10-11-12-13-14-15-16-17-18-19-20-21-24(26)25(22-5-2)23-6-3/h5-6,13-14H,2-4,7-12,15-23H2,1H3/b14-13+. The van der Waals surface area contributed by atoms with Gasteiger partial charge in [-0.05, 0) is 32.1 Å². The molecule has 1 amide bonds. The van der Waals surface area contributed by atoms with E-state index in [1.54, 1.807) is 12.2 Å². The number of hydrogen-bond donors (Lipinski definition) is 0. The van der Waals surface area contributed by atoms with Gasteiger partial charge in [-0.2, -0.15) is 0 Å². The predicted octanol–water partition coefficient (Wildman–Crippen LogP) is 7.22. The quantitative estimate of drug-likeness (QED) is 0.176. The maximum absolute atomic E-state index is 12.1. The van der Waals surface area contributed by atoms with Crippen LogP contribution in [-0.2, 0) is 4.79 Å². The second-order valence-electron chi connectivity index (χ2n) is 7.21. The average Bonchev–Trinajstić information content (AvgIpc) is 2.64. The normalized spacial score (nSPS) is 11.0. The van der Waals surface area contributed by atoms with Crippen LogP contribution in [0.4, 0.5) is 0 Å². The molecule has 0 aliphatic rings. The van der Waals surface area contributed by atoms with Crippen LogP contribution in [0.15, 0.2) is 37.5 Å². The van der Waals surface area contributed by atoms with E-state index in [4.69, 9.17) is 0 Å². The van der Waals surface area contributed by atoms with E-state index in [9.17, 15) is 4.79 Å². The van der Waals surface area contributed by atoms with E-state index in [0.717, 1.165) is 12.8 Å². The second-order valence-corrected chi connectivity index (χ2v) is 7.21. The van der Waals surface area contributed by atoms with Crippen molar-refractivity contribution in [2.24, 2.45) is 0 Å². The summed E-state index contributed by atoms with van der Waals surface area (Å²) in [5.74, 6) is 0.224. The molecule has 0 aromatic rings. The fourth-order valence-electron chi connectivity index (χ4n) is 3.09. The Labute approximate surface area is 163 Å². The van der Waals surface area contributed by atoms with Gasteiger partial charge >= 0.3 is 0 Å². The van der Waals surface area contributed by atoms with Gasteiger partial charge in [-0.25, -0.2) is 0 Å². The van der Waals surface area contributed by atoms with Crippen molar-refractivity contribution in [3.8, 4) is 0 Å². The summed E-state index contributed by atoms with van der Waals surface area (Å²) in [6, 6.07) is 0. The predicted molar refractivity (Wildman–Crippen MR) is 116 cm³/mol. The smallest absolute Gasteiger partial charge is 0.223 e. The van der Waals surface area contributed by atoms with Crippen molar-refractivity contribution in [2.75, 3.05) is 13.1 Å². The number of unbranched alkanes of at least 4 members (excludes halogenated alkanes) is 11. The van der Waals surface area contributed by atoms with E-state index in [1.165, 1.54) is 70.6 Å². The zero-order valence-corrected chi connectivity index (χ0v) is 17.4. The Hall–Kier alpha value is -1.31. The number of nitrogens with zero attached hydrogens (tertiary/aromatic N) is 1. The maximum Gasteiger partial charge on any atom is 0.223 e. The highest BCUT2D eigenvalue weighted by Gasteiger charge is 2.09. The average molecular weight is 362 g/mol. The van der Waals surface area contributed by atoms with Crippen LogP contribution in [0.2, 0.25) is 0 Å². The lowest BCUT2D eigenvalue weighted by atomic mass is 10.1. The largest absolute Gasteiger partial charge is 0.335 e. The van der Waals surface area contributed by atoms with E-state index in [0.29, 0.717) is 19.5 Å². The van der Waals surface area contributed by atoms with Gasteiger partial charge in [0.15, 0.2) is 0 Å². The number of carbonyl (C=O) groups excluding carboxylic acids is 1. The molecule has 150 valence electrons. The molecule has 0 aromatic carbocycles. The number of amides is 1. The van der Waals surface area contributed by atoms with Crippen LogP contribution in [0.5, 0.6) is 0 Å². The molecule has 0 atom stereocenters. The Morgan fingerprint density at radius 3 is 1.69 bits per heavy atom. The Morgan fingerprint density at radius 2 is 1.19 bits per heavy atom. The summed E-state index contributed by atoms with van der Waals surface area (Å²) in [5, 5.41) is 0. The van der Waals surface area contributed by atoms with E-state index in [-0.39, 0.29) is 5.91 Å².